The summed E-state index contributed by atoms with van der Waals surface area (Å²) < 4.78 is 6.83. The van der Waals surface area contributed by atoms with Crippen LogP contribution in [-0.2, 0) is 4.79 Å². The first-order valence-corrected chi connectivity index (χ1v) is 6.56. The minimum atomic E-state index is -1.10. The molecule has 21 heavy (non-hydrogen) atoms. The SMILES string of the molecule is COc1c2cc3ccccc3cc2cn1[C@@H](CO)C(=O)O. The second-order valence-corrected chi connectivity index (χ2v) is 4.87. The largest absolute Gasteiger partial charge is 0.482 e. The summed E-state index contributed by atoms with van der Waals surface area (Å²) in [6, 6.07) is 10.8. The van der Waals surface area contributed by atoms with Crippen LogP contribution >= 0.6 is 0 Å². The Labute approximate surface area is 121 Å². The van der Waals surface area contributed by atoms with Crippen molar-refractivity contribution >= 4 is 27.5 Å². The lowest BCUT2D eigenvalue weighted by molar-refractivity contribution is -0.142. The number of methoxy groups -OCH3 is 1. The summed E-state index contributed by atoms with van der Waals surface area (Å²) in [5.41, 5.74) is 0. The van der Waals surface area contributed by atoms with E-state index >= 15 is 0 Å². The zero-order valence-corrected chi connectivity index (χ0v) is 11.5. The Morgan fingerprint density at radius 2 is 1.90 bits per heavy atom. The van der Waals surface area contributed by atoms with Gasteiger partial charge in [-0.05, 0) is 22.9 Å². The number of carboxylic acids is 1. The number of hydrogen-bond acceptors (Lipinski definition) is 3. The van der Waals surface area contributed by atoms with Crippen molar-refractivity contribution in [2.24, 2.45) is 0 Å². The molecule has 2 aromatic carbocycles. The standard InChI is InChI=1S/C16H15NO4/c1-21-15-13-7-11-5-3-2-4-10(11)6-12(13)8-17(15)14(9-18)16(19)20/h2-8,14,18H,9H2,1H3,(H,19,20)/t14-/m0/s1. The van der Waals surface area contributed by atoms with E-state index in [1.807, 2.05) is 36.4 Å². The van der Waals surface area contributed by atoms with Crippen molar-refractivity contribution in [3.8, 4) is 5.88 Å². The van der Waals surface area contributed by atoms with Gasteiger partial charge >= 0.3 is 5.97 Å². The van der Waals surface area contributed by atoms with Crippen LogP contribution in [0.1, 0.15) is 6.04 Å². The lowest BCUT2D eigenvalue weighted by Gasteiger charge is -2.14. The predicted octanol–water partition coefficient (Wildman–Crippen LogP) is 2.42. The molecule has 1 atom stereocenters. The summed E-state index contributed by atoms with van der Waals surface area (Å²) in [4.78, 5) is 11.3. The van der Waals surface area contributed by atoms with E-state index in [4.69, 9.17) is 4.74 Å². The summed E-state index contributed by atoms with van der Waals surface area (Å²) in [6.45, 7) is -0.494. The highest BCUT2D eigenvalue weighted by Gasteiger charge is 2.23. The van der Waals surface area contributed by atoms with Gasteiger partial charge in [0.1, 0.15) is 0 Å². The van der Waals surface area contributed by atoms with Crippen LogP contribution in [0.5, 0.6) is 5.88 Å². The van der Waals surface area contributed by atoms with Crippen molar-refractivity contribution < 1.29 is 19.7 Å². The number of aromatic nitrogens is 1. The molecule has 0 fully saturated rings. The molecule has 1 heterocycles. The molecule has 3 aromatic rings. The summed E-state index contributed by atoms with van der Waals surface area (Å²) in [5.74, 6) is -0.655. The number of fused-ring (bicyclic) bond motifs is 2. The zero-order valence-electron chi connectivity index (χ0n) is 11.5. The van der Waals surface area contributed by atoms with E-state index in [2.05, 4.69) is 0 Å². The number of aliphatic hydroxyl groups excluding tert-OH is 1. The van der Waals surface area contributed by atoms with Crippen LogP contribution in [0.15, 0.2) is 42.6 Å². The highest BCUT2D eigenvalue weighted by atomic mass is 16.5. The third-order valence-corrected chi connectivity index (χ3v) is 3.65. The first kappa shape index (κ1) is 13.5. The molecular weight excluding hydrogens is 270 g/mol. The third kappa shape index (κ3) is 2.11. The number of carboxylic acid groups (broad SMARTS) is 1. The Kier molecular flexibility index (Phi) is 3.27. The van der Waals surface area contributed by atoms with Crippen LogP contribution < -0.4 is 4.74 Å². The van der Waals surface area contributed by atoms with Crippen LogP contribution in [0, 0.1) is 0 Å². The Morgan fingerprint density at radius 1 is 1.24 bits per heavy atom. The van der Waals surface area contributed by atoms with Crippen LogP contribution in [0.2, 0.25) is 0 Å². The van der Waals surface area contributed by atoms with E-state index in [0.717, 1.165) is 21.5 Å². The molecule has 5 nitrogen and oxygen atoms in total. The fraction of sp³-hybridized carbons (Fsp3) is 0.188. The summed E-state index contributed by atoms with van der Waals surface area (Å²) in [6.07, 6.45) is 1.70. The van der Waals surface area contributed by atoms with Crippen molar-refractivity contribution in [2.75, 3.05) is 13.7 Å². The molecule has 0 spiro atoms. The van der Waals surface area contributed by atoms with Gasteiger partial charge in [-0.3, -0.25) is 0 Å². The minimum Gasteiger partial charge on any atom is -0.482 e. The lowest BCUT2D eigenvalue weighted by Crippen LogP contribution is -2.22. The van der Waals surface area contributed by atoms with Gasteiger partial charge in [-0.2, -0.15) is 0 Å². The molecular formula is C16H15NO4. The second kappa shape index (κ2) is 5.10. The number of hydrogen-bond donors (Lipinski definition) is 2. The van der Waals surface area contributed by atoms with Gasteiger partial charge in [0, 0.05) is 17.0 Å². The molecule has 0 saturated heterocycles. The van der Waals surface area contributed by atoms with Crippen LogP contribution in [0.4, 0.5) is 0 Å². The van der Waals surface area contributed by atoms with Gasteiger partial charge in [0.15, 0.2) is 6.04 Å². The Bertz CT molecular complexity index is 822. The molecule has 0 unspecified atom stereocenters. The number of carbonyl (C=O) groups is 1. The highest BCUT2D eigenvalue weighted by molar-refractivity contribution is 6.01. The average Bonchev–Trinajstić information content (AvgIpc) is 2.82. The first-order valence-electron chi connectivity index (χ1n) is 6.56. The fourth-order valence-corrected chi connectivity index (χ4v) is 2.63. The highest BCUT2D eigenvalue weighted by Crippen LogP contribution is 2.34. The van der Waals surface area contributed by atoms with Crippen molar-refractivity contribution in [2.45, 2.75) is 6.04 Å². The summed E-state index contributed by atoms with van der Waals surface area (Å²) in [5, 5.41) is 22.4. The smallest absolute Gasteiger partial charge is 0.329 e. The molecule has 1 aromatic heterocycles. The maximum absolute atomic E-state index is 11.3. The number of nitrogens with zero attached hydrogens (tertiary/aromatic N) is 1. The van der Waals surface area contributed by atoms with E-state index < -0.39 is 18.6 Å². The van der Waals surface area contributed by atoms with E-state index in [0.29, 0.717) is 5.88 Å². The number of ether oxygens (including phenoxy) is 1. The molecule has 0 amide bonds. The monoisotopic (exact) mass is 285 g/mol. The summed E-state index contributed by atoms with van der Waals surface area (Å²) >= 11 is 0. The molecule has 0 radical (unpaired) electrons. The van der Waals surface area contributed by atoms with E-state index in [-0.39, 0.29) is 0 Å². The third-order valence-electron chi connectivity index (χ3n) is 3.65. The Balaban J connectivity index is 2.31. The van der Waals surface area contributed by atoms with Gasteiger partial charge < -0.3 is 19.5 Å². The van der Waals surface area contributed by atoms with Crippen molar-refractivity contribution in [3.05, 3.63) is 42.6 Å². The fourth-order valence-electron chi connectivity index (χ4n) is 2.63. The molecule has 5 heteroatoms. The predicted molar refractivity (Wildman–Crippen MR) is 79.8 cm³/mol. The molecule has 2 N–H and O–H groups in total. The Hall–Kier alpha value is -2.53. The lowest BCUT2D eigenvalue weighted by atomic mass is 10.1. The Morgan fingerprint density at radius 3 is 2.48 bits per heavy atom. The zero-order chi connectivity index (χ0) is 15.0. The number of aliphatic carboxylic acids is 1. The van der Waals surface area contributed by atoms with Crippen LogP contribution in [0.3, 0.4) is 0 Å². The van der Waals surface area contributed by atoms with Gasteiger partial charge in [0.2, 0.25) is 5.88 Å². The topological polar surface area (TPSA) is 71.7 Å². The number of rotatable bonds is 4. The van der Waals surface area contributed by atoms with Crippen LogP contribution in [0.25, 0.3) is 21.5 Å². The van der Waals surface area contributed by atoms with Gasteiger partial charge in [-0.25, -0.2) is 4.79 Å². The minimum absolute atomic E-state index is 0.442. The quantitative estimate of drug-likeness (QED) is 0.772. The van der Waals surface area contributed by atoms with Crippen molar-refractivity contribution in [1.82, 2.24) is 4.57 Å². The first-order chi connectivity index (χ1) is 10.2. The number of aliphatic hydroxyl groups is 1. The van der Waals surface area contributed by atoms with Gasteiger partial charge in [-0.1, -0.05) is 24.3 Å². The van der Waals surface area contributed by atoms with E-state index in [1.165, 1.54) is 11.7 Å². The molecule has 108 valence electrons. The van der Waals surface area contributed by atoms with Gasteiger partial charge in [0.25, 0.3) is 0 Å². The normalized spacial score (nSPS) is 12.7. The van der Waals surface area contributed by atoms with E-state index in [9.17, 15) is 15.0 Å². The summed E-state index contributed by atoms with van der Waals surface area (Å²) in [7, 11) is 1.50. The maximum Gasteiger partial charge on any atom is 0.329 e. The molecule has 3 rings (SSSR count). The van der Waals surface area contributed by atoms with Crippen molar-refractivity contribution in [1.29, 1.82) is 0 Å². The molecule has 0 saturated carbocycles. The average molecular weight is 285 g/mol. The molecule has 0 aliphatic carbocycles. The van der Waals surface area contributed by atoms with Crippen molar-refractivity contribution in [3.63, 3.8) is 0 Å². The van der Waals surface area contributed by atoms with Crippen LogP contribution in [-0.4, -0.2) is 34.5 Å². The number of benzene rings is 2. The van der Waals surface area contributed by atoms with E-state index in [1.54, 1.807) is 6.20 Å². The van der Waals surface area contributed by atoms with Gasteiger partial charge in [-0.15, -0.1) is 0 Å². The van der Waals surface area contributed by atoms with Gasteiger partial charge in [0.05, 0.1) is 13.7 Å². The molecule has 0 bridgehead atoms. The molecule has 0 aliphatic heterocycles. The second-order valence-electron chi connectivity index (χ2n) is 4.87. The molecule has 0 aliphatic rings. The maximum atomic E-state index is 11.3.